The number of thiophene rings is 1. The monoisotopic (exact) mass is 394 g/mol. The molecule has 142 valence electrons. The Bertz CT molecular complexity index is 1080. The van der Waals surface area contributed by atoms with Gasteiger partial charge < -0.3 is 9.84 Å². The fourth-order valence-electron chi connectivity index (χ4n) is 3.88. The lowest BCUT2D eigenvalue weighted by Gasteiger charge is -2.22. The third-order valence-electron chi connectivity index (χ3n) is 5.49. The van der Waals surface area contributed by atoms with Crippen LogP contribution in [-0.4, -0.2) is 27.0 Å². The van der Waals surface area contributed by atoms with E-state index in [2.05, 4.69) is 21.5 Å². The highest BCUT2D eigenvalue weighted by Crippen LogP contribution is 2.33. The van der Waals surface area contributed by atoms with Crippen molar-refractivity contribution < 1.29 is 14.1 Å². The van der Waals surface area contributed by atoms with Gasteiger partial charge in [-0.05, 0) is 54.3 Å². The van der Waals surface area contributed by atoms with Gasteiger partial charge in [0.05, 0.1) is 0 Å². The van der Waals surface area contributed by atoms with Gasteiger partial charge >= 0.3 is 6.03 Å². The number of imide groups is 1. The van der Waals surface area contributed by atoms with E-state index in [4.69, 9.17) is 4.52 Å². The van der Waals surface area contributed by atoms with Gasteiger partial charge in [-0.1, -0.05) is 23.4 Å². The fourth-order valence-corrected chi connectivity index (χ4v) is 4.52. The highest BCUT2D eigenvalue weighted by atomic mass is 32.1. The molecule has 2 aromatic heterocycles. The Morgan fingerprint density at radius 2 is 2.11 bits per heavy atom. The van der Waals surface area contributed by atoms with Crippen molar-refractivity contribution in [2.24, 2.45) is 0 Å². The van der Waals surface area contributed by atoms with E-state index >= 15 is 0 Å². The Morgan fingerprint density at radius 3 is 2.93 bits per heavy atom. The molecule has 1 atom stereocenters. The van der Waals surface area contributed by atoms with E-state index in [0.717, 1.165) is 35.3 Å². The van der Waals surface area contributed by atoms with Crippen molar-refractivity contribution in [2.45, 2.75) is 38.3 Å². The van der Waals surface area contributed by atoms with Crippen LogP contribution >= 0.6 is 11.3 Å². The van der Waals surface area contributed by atoms with Crippen LogP contribution in [0, 0.1) is 0 Å². The lowest BCUT2D eigenvalue weighted by Crippen LogP contribution is -2.41. The standard InChI is InChI=1S/C20H18N4O3S/c1-20(15-6-5-12-3-2-4-13(12)9-15)18(25)24(19(26)22-20)10-16-21-17(23-27-16)14-7-8-28-11-14/h5-9,11H,2-4,10H2,1H3,(H,22,26). The fraction of sp³-hybridized carbons (Fsp3) is 0.300. The molecule has 2 aliphatic rings. The number of amides is 3. The molecular formula is C20H18N4O3S. The number of carbonyl (C=O) groups excluding carboxylic acids is 2. The van der Waals surface area contributed by atoms with Crippen LogP contribution < -0.4 is 5.32 Å². The van der Waals surface area contributed by atoms with Gasteiger partial charge in [0.25, 0.3) is 5.91 Å². The molecule has 1 saturated heterocycles. The van der Waals surface area contributed by atoms with Gasteiger partial charge in [-0.2, -0.15) is 16.3 Å². The maximum atomic E-state index is 13.1. The normalized spacial score (nSPS) is 21.2. The van der Waals surface area contributed by atoms with Crippen LogP contribution in [0.3, 0.4) is 0 Å². The maximum Gasteiger partial charge on any atom is 0.325 e. The van der Waals surface area contributed by atoms with Gasteiger partial charge in [0.2, 0.25) is 11.7 Å². The molecule has 1 N–H and O–H groups in total. The van der Waals surface area contributed by atoms with Crippen LogP contribution in [0.25, 0.3) is 11.4 Å². The molecule has 28 heavy (non-hydrogen) atoms. The van der Waals surface area contributed by atoms with Gasteiger partial charge in [-0.3, -0.25) is 9.69 Å². The molecular weight excluding hydrogens is 376 g/mol. The van der Waals surface area contributed by atoms with E-state index in [1.807, 2.05) is 29.0 Å². The first-order chi connectivity index (χ1) is 13.5. The van der Waals surface area contributed by atoms with Crippen molar-refractivity contribution in [1.29, 1.82) is 0 Å². The molecule has 1 unspecified atom stereocenters. The molecule has 0 saturated carbocycles. The van der Waals surface area contributed by atoms with Crippen molar-refractivity contribution >= 4 is 23.3 Å². The minimum absolute atomic E-state index is 0.0532. The molecule has 1 fully saturated rings. The first-order valence-electron chi connectivity index (χ1n) is 9.16. The number of hydrogen-bond donors (Lipinski definition) is 1. The van der Waals surface area contributed by atoms with E-state index in [-0.39, 0.29) is 18.3 Å². The minimum atomic E-state index is -1.09. The van der Waals surface area contributed by atoms with Gasteiger partial charge in [-0.15, -0.1) is 0 Å². The molecule has 3 amide bonds. The number of aryl methyl sites for hydroxylation is 2. The summed E-state index contributed by atoms with van der Waals surface area (Å²) in [6.45, 7) is 1.69. The SMILES string of the molecule is CC1(c2ccc3c(c2)CCC3)NC(=O)N(Cc2nc(-c3ccsc3)no2)C1=O. The largest absolute Gasteiger partial charge is 0.337 e. The third kappa shape index (κ3) is 2.63. The Hall–Kier alpha value is -3.00. The van der Waals surface area contributed by atoms with Crippen molar-refractivity contribution in [2.75, 3.05) is 0 Å². The number of rotatable bonds is 4. The van der Waals surface area contributed by atoms with Gasteiger partial charge in [0.1, 0.15) is 12.1 Å². The number of aromatic nitrogens is 2. The minimum Gasteiger partial charge on any atom is -0.337 e. The second-order valence-electron chi connectivity index (χ2n) is 7.31. The summed E-state index contributed by atoms with van der Waals surface area (Å²) in [6.07, 6.45) is 3.21. The predicted octanol–water partition coefficient (Wildman–Crippen LogP) is 3.25. The Labute approximate surface area is 165 Å². The molecule has 8 heteroatoms. The van der Waals surface area contributed by atoms with Crippen molar-refractivity contribution in [3.05, 3.63) is 57.6 Å². The predicted molar refractivity (Wildman–Crippen MR) is 103 cm³/mol. The molecule has 1 aliphatic carbocycles. The summed E-state index contributed by atoms with van der Waals surface area (Å²) >= 11 is 1.53. The lowest BCUT2D eigenvalue weighted by molar-refractivity contribution is -0.131. The number of benzene rings is 1. The topological polar surface area (TPSA) is 88.3 Å². The number of carbonyl (C=O) groups is 2. The summed E-state index contributed by atoms with van der Waals surface area (Å²) in [4.78, 5) is 31.1. The number of nitrogens with zero attached hydrogens (tertiary/aromatic N) is 3. The first-order valence-corrected chi connectivity index (χ1v) is 10.1. The summed E-state index contributed by atoms with van der Waals surface area (Å²) in [6, 6.07) is 7.48. The Morgan fingerprint density at radius 1 is 1.25 bits per heavy atom. The number of urea groups is 1. The molecule has 3 heterocycles. The van der Waals surface area contributed by atoms with Crippen molar-refractivity contribution in [3.8, 4) is 11.4 Å². The average molecular weight is 394 g/mol. The van der Waals surface area contributed by atoms with Crippen LogP contribution in [0.2, 0.25) is 0 Å². The Balaban J connectivity index is 1.40. The average Bonchev–Trinajstić information content (AvgIpc) is 3.47. The van der Waals surface area contributed by atoms with Gasteiger partial charge in [0, 0.05) is 10.9 Å². The van der Waals surface area contributed by atoms with Crippen molar-refractivity contribution in [1.82, 2.24) is 20.4 Å². The molecule has 1 aromatic carbocycles. The zero-order valence-electron chi connectivity index (χ0n) is 15.3. The molecule has 5 rings (SSSR count). The molecule has 1 aliphatic heterocycles. The summed E-state index contributed by atoms with van der Waals surface area (Å²) in [5, 5.41) is 10.6. The summed E-state index contributed by atoms with van der Waals surface area (Å²) in [5.74, 6) is 0.360. The van der Waals surface area contributed by atoms with E-state index in [1.165, 1.54) is 22.5 Å². The zero-order valence-corrected chi connectivity index (χ0v) is 16.1. The van der Waals surface area contributed by atoms with Crippen LogP contribution in [-0.2, 0) is 29.7 Å². The second-order valence-corrected chi connectivity index (χ2v) is 8.09. The van der Waals surface area contributed by atoms with Crippen LogP contribution in [0.5, 0.6) is 0 Å². The van der Waals surface area contributed by atoms with Crippen molar-refractivity contribution in [3.63, 3.8) is 0 Å². The lowest BCUT2D eigenvalue weighted by atomic mass is 9.90. The van der Waals surface area contributed by atoms with Crippen LogP contribution in [0.4, 0.5) is 4.79 Å². The molecule has 3 aromatic rings. The number of hydrogen-bond acceptors (Lipinski definition) is 6. The van der Waals surface area contributed by atoms with Crippen LogP contribution in [0.1, 0.15) is 35.9 Å². The maximum absolute atomic E-state index is 13.1. The van der Waals surface area contributed by atoms with E-state index < -0.39 is 11.6 Å². The smallest absolute Gasteiger partial charge is 0.325 e. The second kappa shape index (κ2) is 6.27. The summed E-state index contributed by atoms with van der Waals surface area (Å²) in [5.41, 5.74) is 3.15. The molecule has 7 nitrogen and oxygen atoms in total. The summed E-state index contributed by atoms with van der Waals surface area (Å²) < 4.78 is 5.25. The van der Waals surface area contributed by atoms with E-state index in [0.29, 0.717) is 5.82 Å². The zero-order chi connectivity index (χ0) is 19.3. The molecule has 0 spiro atoms. The summed E-state index contributed by atoms with van der Waals surface area (Å²) in [7, 11) is 0. The molecule has 0 bridgehead atoms. The van der Waals surface area contributed by atoms with E-state index in [1.54, 1.807) is 6.92 Å². The molecule has 0 radical (unpaired) electrons. The highest BCUT2D eigenvalue weighted by molar-refractivity contribution is 7.08. The quantitative estimate of drug-likeness (QED) is 0.686. The third-order valence-corrected chi connectivity index (χ3v) is 6.17. The van der Waals surface area contributed by atoms with Crippen LogP contribution in [0.15, 0.2) is 39.5 Å². The first kappa shape index (κ1) is 17.1. The highest BCUT2D eigenvalue weighted by Gasteiger charge is 2.49. The number of nitrogens with one attached hydrogen (secondary N) is 1. The van der Waals surface area contributed by atoms with Gasteiger partial charge in [-0.25, -0.2) is 4.79 Å². The van der Waals surface area contributed by atoms with E-state index in [9.17, 15) is 9.59 Å². The van der Waals surface area contributed by atoms with Gasteiger partial charge in [0.15, 0.2) is 0 Å². The number of fused-ring (bicyclic) bond motifs is 1. The Kier molecular flexibility index (Phi) is 3.83.